The van der Waals surface area contributed by atoms with Crippen molar-refractivity contribution in [2.75, 3.05) is 26.2 Å². The maximum absolute atomic E-state index is 12.5. The molecule has 2 saturated heterocycles. The zero-order chi connectivity index (χ0) is 15.9. The lowest BCUT2D eigenvalue weighted by molar-refractivity contribution is -0.139. The fourth-order valence-corrected chi connectivity index (χ4v) is 4.05. The number of H-pyrrole nitrogens is 1. The van der Waals surface area contributed by atoms with Crippen LogP contribution in [0.3, 0.4) is 0 Å². The van der Waals surface area contributed by atoms with Crippen molar-refractivity contribution in [2.45, 2.75) is 38.5 Å². The van der Waals surface area contributed by atoms with E-state index in [1.54, 1.807) is 0 Å². The molecule has 124 valence electrons. The number of carbonyl (C=O) groups is 2. The fourth-order valence-electron chi connectivity index (χ4n) is 4.05. The van der Waals surface area contributed by atoms with Gasteiger partial charge in [-0.3, -0.25) is 14.7 Å². The summed E-state index contributed by atoms with van der Waals surface area (Å²) in [6.07, 6.45) is 7.49. The van der Waals surface area contributed by atoms with Crippen molar-refractivity contribution < 1.29 is 9.59 Å². The summed E-state index contributed by atoms with van der Waals surface area (Å²) in [6.45, 7) is 3.21. The van der Waals surface area contributed by atoms with Gasteiger partial charge in [0.25, 0.3) is 5.91 Å². The first-order valence-corrected chi connectivity index (χ1v) is 8.58. The first kappa shape index (κ1) is 14.7. The van der Waals surface area contributed by atoms with Gasteiger partial charge in [-0.25, -0.2) is 4.98 Å². The zero-order valence-electron chi connectivity index (χ0n) is 13.3. The number of aromatic nitrogens is 3. The van der Waals surface area contributed by atoms with E-state index in [4.69, 9.17) is 0 Å². The van der Waals surface area contributed by atoms with Gasteiger partial charge in [-0.05, 0) is 38.0 Å². The summed E-state index contributed by atoms with van der Waals surface area (Å²) < 4.78 is 0. The van der Waals surface area contributed by atoms with Crippen LogP contribution >= 0.6 is 0 Å². The Morgan fingerprint density at radius 1 is 1.35 bits per heavy atom. The summed E-state index contributed by atoms with van der Waals surface area (Å²) in [5.41, 5.74) is 0.0662. The molecule has 0 aromatic carbocycles. The Hall–Kier alpha value is -1.92. The molecular formula is C16H23N5O2. The zero-order valence-corrected chi connectivity index (χ0v) is 13.3. The number of aromatic amines is 1. The van der Waals surface area contributed by atoms with Crippen LogP contribution in [-0.4, -0.2) is 63.0 Å². The second-order valence-electron chi connectivity index (χ2n) is 7.38. The van der Waals surface area contributed by atoms with Crippen LogP contribution in [0.2, 0.25) is 0 Å². The Morgan fingerprint density at radius 2 is 2.22 bits per heavy atom. The average Bonchev–Trinajstić information content (AvgIpc) is 3.20. The highest BCUT2D eigenvalue weighted by Crippen LogP contribution is 2.40. The lowest BCUT2D eigenvalue weighted by atomic mass is 9.73. The average molecular weight is 317 g/mol. The van der Waals surface area contributed by atoms with E-state index in [0.717, 1.165) is 45.4 Å². The lowest BCUT2D eigenvalue weighted by Gasteiger charge is -2.48. The van der Waals surface area contributed by atoms with E-state index in [0.29, 0.717) is 24.1 Å². The third-order valence-corrected chi connectivity index (χ3v) is 5.49. The maximum Gasteiger partial charge on any atom is 0.291 e. The third-order valence-electron chi connectivity index (χ3n) is 5.49. The van der Waals surface area contributed by atoms with Crippen LogP contribution in [0, 0.1) is 11.3 Å². The molecule has 7 heteroatoms. The number of carbonyl (C=O) groups excluding carboxylic acids is 2. The monoisotopic (exact) mass is 317 g/mol. The van der Waals surface area contributed by atoms with E-state index in [-0.39, 0.29) is 11.3 Å². The molecule has 3 fully saturated rings. The Balaban J connectivity index is 1.46. The molecule has 23 heavy (non-hydrogen) atoms. The van der Waals surface area contributed by atoms with Crippen molar-refractivity contribution >= 4 is 11.8 Å². The Morgan fingerprint density at radius 3 is 2.96 bits per heavy atom. The van der Waals surface area contributed by atoms with Crippen LogP contribution in [-0.2, 0) is 4.79 Å². The van der Waals surface area contributed by atoms with Gasteiger partial charge >= 0.3 is 0 Å². The van der Waals surface area contributed by atoms with Crippen molar-refractivity contribution in [3.8, 4) is 0 Å². The number of nitrogens with zero attached hydrogens (tertiary/aromatic N) is 4. The van der Waals surface area contributed by atoms with E-state index < -0.39 is 0 Å². The molecule has 1 spiro atoms. The van der Waals surface area contributed by atoms with E-state index in [1.807, 2.05) is 4.90 Å². The van der Waals surface area contributed by atoms with Crippen molar-refractivity contribution in [1.82, 2.24) is 25.0 Å². The highest BCUT2D eigenvalue weighted by atomic mass is 16.2. The fraction of sp³-hybridized carbons (Fsp3) is 0.750. The molecule has 1 aromatic rings. The number of amides is 2. The van der Waals surface area contributed by atoms with Gasteiger partial charge in [0.1, 0.15) is 6.33 Å². The number of piperidine rings is 2. The molecule has 7 nitrogen and oxygen atoms in total. The van der Waals surface area contributed by atoms with Crippen LogP contribution in [0.4, 0.5) is 0 Å². The maximum atomic E-state index is 12.5. The second-order valence-corrected chi connectivity index (χ2v) is 7.38. The van der Waals surface area contributed by atoms with E-state index in [9.17, 15) is 9.59 Å². The van der Waals surface area contributed by atoms with Crippen LogP contribution in [0.15, 0.2) is 6.33 Å². The van der Waals surface area contributed by atoms with Crippen molar-refractivity contribution in [2.24, 2.45) is 11.3 Å². The minimum absolute atomic E-state index is 0.0662. The van der Waals surface area contributed by atoms with Gasteiger partial charge in [0.2, 0.25) is 11.7 Å². The molecule has 1 N–H and O–H groups in total. The summed E-state index contributed by atoms with van der Waals surface area (Å²) in [6, 6.07) is 0. The van der Waals surface area contributed by atoms with Gasteiger partial charge in [0.15, 0.2) is 0 Å². The Kier molecular flexibility index (Phi) is 3.58. The number of hydrogen-bond donors (Lipinski definition) is 1. The first-order valence-electron chi connectivity index (χ1n) is 8.58. The topological polar surface area (TPSA) is 82.2 Å². The molecular weight excluding hydrogens is 294 g/mol. The van der Waals surface area contributed by atoms with Gasteiger partial charge in [-0.2, -0.15) is 5.10 Å². The summed E-state index contributed by atoms with van der Waals surface area (Å²) >= 11 is 0. The number of rotatable bonds is 3. The van der Waals surface area contributed by atoms with Crippen LogP contribution in [0.5, 0.6) is 0 Å². The molecule has 0 bridgehead atoms. The highest BCUT2D eigenvalue weighted by molar-refractivity contribution is 5.90. The summed E-state index contributed by atoms with van der Waals surface area (Å²) in [5.74, 6) is 1.24. The summed E-state index contributed by atoms with van der Waals surface area (Å²) in [7, 11) is 0. The highest BCUT2D eigenvalue weighted by Gasteiger charge is 2.44. The number of nitrogens with one attached hydrogen (secondary N) is 1. The van der Waals surface area contributed by atoms with Gasteiger partial charge in [0.05, 0.1) is 0 Å². The quantitative estimate of drug-likeness (QED) is 0.903. The van der Waals surface area contributed by atoms with Crippen molar-refractivity contribution in [3.63, 3.8) is 0 Å². The van der Waals surface area contributed by atoms with E-state index in [1.165, 1.54) is 19.2 Å². The standard InChI is InChI=1S/C16H23N5O2/c22-13-4-6-16(10-21(13)8-12-2-3-12)5-1-7-20(9-16)15(23)14-17-11-18-19-14/h11-12H,1-10H2,(H,17,18,19)/t16-/m1/s1. The minimum atomic E-state index is -0.0767. The predicted octanol–water partition coefficient (Wildman–Crippen LogP) is 1.06. The number of hydrogen-bond acceptors (Lipinski definition) is 4. The molecule has 3 aliphatic rings. The van der Waals surface area contributed by atoms with E-state index in [2.05, 4.69) is 20.1 Å². The predicted molar refractivity (Wildman–Crippen MR) is 82.5 cm³/mol. The third kappa shape index (κ3) is 2.96. The summed E-state index contributed by atoms with van der Waals surface area (Å²) in [5, 5.41) is 6.43. The number of likely N-dealkylation sites (tertiary alicyclic amines) is 2. The lowest BCUT2D eigenvalue weighted by Crippen LogP contribution is -2.55. The van der Waals surface area contributed by atoms with Crippen molar-refractivity contribution in [3.05, 3.63) is 12.2 Å². The Bertz CT molecular complexity index is 598. The smallest absolute Gasteiger partial charge is 0.291 e. The molecule has 3 heterocycles. The van der Waals surface area contributed by atoms with Gasteiger partial charge < -0.3 is 9.80 Å². The molecule has 1 saturated carbocycles. The summed E-state index contributed by atoms with van der Waals surface area (Å²) in [4.78, 5) is 32.7. The SMILES string of the molecule is O=C1CC[C@@]2(CCCN(C(=O)c3ncn[nH]3)C2)CN1CC1CC1. The van der Waals surface area contributed by atoms with Gasteiger partial charge in [0, 0.05) is 38.0 Å². The van der Waals surface area contributed by atoms with Crippen molar-refractivity contribution in [1.29, 1.82) is 0 Å². The minimum Gasteiger partial charge on any atom is -0.342 e. The molecule has 1 aliphatic carbocycles. The van der Waals surface area contributed by atoms with Crippen LogP contribution in [0.1, 0.15) is 49.1 Å². The molecule has 2 amide bonds. The van der Waals surface area contributed by atoms with Gasteiger partial charge in [-0.15, -0.1) is 0 Å². The molecule has 1 atom stereocenters. The van der Waals surface area contributed by atoms with Crippen LogP contribution < -0.4 is 0 Å². The normalized spacial score (nSPS) is 28.4. The molecule has 2 aliphatic heterocycles. The molecule has 0 radical (unpaired) electrons. The molecule has 0 unspecified atom stereocenters. The molecule has 4 rings (SSSR count). The molecule has 1 aromatic heterocycles. The van der Waals surface area contributed by atoms with Crippen LogP contribution in [0.25, 0.3) is 0 Å². The van der Waals surface area contributed by atoms with Gasteiger partial charge in [-0.1, -0.05) is 0 Å². The second kappa shape index (κ2) is 5.62. The largest absolute Gasteiger partial charge is 0.342 e. The first-order chi connectivity index (χ1) is 11.2. The van der Waals surface area contributed by atoms with E-state index >= 15 is 0 Å². The Labute approximate surface area is 135 Å².